The van der Waals surface area contributed by atoms with Crippen molar-refractivity contribution in [2.24, 2.45) is 0 Å². The summed E-state index contributed by atoms with van der Waals surface area (Å²) in [6.45, 7) is 0.187. The number of unbranched alkanes of at least 4 members (excludes halogenated alkanes) is 2. The van der Waals surface area contributed by atoms with Crippen molar-refractivity contribution in [3.8, 4) is 6.07 Å². The van der Waals surface area contributed by atoms with Crippen LogP contribution >= 0.6 is 0 Å². The SMILES string of the molecule is N#CCC(=O)CCCCCO. The van der Waals surface area contributed by atoms with E-state index in [1.54, 1.807) is 0 Å². The van der Waals surface area contributed by atoms with Gasteiger partial charge >= 0.3 is 0 Å². The third-order valence-electron chi connectivity index (χ3n) is 1.39. The summed E-state index contributed by atoms with van der Waals surface area (Å²) in [6.07, 6.45) is 2.92. The Kier molecular flexibility index (Phi) is 6.65. The summed E-state index contributed by atoms with van der Waals surface area (Å²) < 4.78 is 0. The molecule has 3 nitrogen and oxygen atoms in total. The van der Waals surface area contributed by atoms with E-state index in [0.29, 0.717) is 6.42 Å². The summed E-state index contributed by atoms with van der Waals surface area (Å²) in [5, 5.41) is 16.5. The summed E-state index contributed by atoms with van der Waals surface area (Å²) in [5.74, 6) is 0.00504. The van der Waals surface area contributed by atoms with Gasteiger partial charge in [-0.15, -0.1) is 0 Å². The van der Waals surface area contributed by atoms with Crippen LogP contribution < -0.4 is 0 Å². The molecular formula is C8H13NO2. The fourth-order valence-corrected chi connectivity index (χ4v) is 0.787. The molecule has 0 amide bonds. The highest BCUT2D eigenvalue weighted by Gasteiger charge is 1.98. The van der Waals surface area contributed by atoms with Crippen LogP contribution in [0.1, 0.15) is 32.1 Å². The minimum Gasteiger partial charge on any atom is -0.396 e. The number of hydrogen-bond acceptors (Lipinski definition) is 3. The van der Waals surface area contributed by atoms with Gasteiger partial charge in [-0.2, -0.15) is 5.26 Å². The van der Waals surface area contributed by atoms with Crippen molar-refractivity contribution >= 4 is 5.78 Å². The van der Waals surface area contributed by atoms with E-state index in [-0.39, 0.29) is 18.8 Å². The first kappa shape index (κ1) is 10.1. The quantitative estimate of drug-likeness (QED) is 0.582. The predicted molar refractivity (Wildman–Crippen MR) is 40.8 cm³/mol. The molecule has 0 rings (SSSR count). The third-order valence-corrected chi connectivity index (χ3v) is 1.39. The zero-order valence-corrected chi connectivity index (χ0v) is 6.55. The highest BCUT2D eigenvalue weighted by molar-refractivity contribution is 5.80. The second kappa shape index (κ2) is 7.23. The maximum atomic E-state index is 10.7. The number of rotatable bonds is 6. The number of nitriles is 1. The second-order valence-electron chi connectivity index (χ2n) is 2.41. The smallest absolute Gasteiger partial charge is 0.146 e. The summed E-state index contributed by atoms with van der Waals surface area (Å²) in [5.41, 5.74) is 0. The largest absolute Gasteiger partial charge is 0.396 e. The molecular weight excluding hydrogens is 142 g/mol. The fraction of sp³-hybridized carbons (Fsp3) is 0.750. The van der Waals surface area contributed by atoms with Crippen LogP contribution in [0.15, 0.2) is 0 Å². The van der Waals surface area contributed by atoms with Gasteiger partial charge < -0.3 is 5.11 Å². The van der Waals surface area contributed by atoms with Crippen LogP contribution in [0.2, 0.25) is 0 Å². The normalized spacial score (nSPS) is 9.09. The van der Waals surface area contributed by atoms with Crippen molar-refractivity contribution in [2.75, 3.05) is 6.61 Å². The molecule has 0 aliphatic carbocycles. The minimum atomic E-state index is 0.00504. The van der Waals surface area contributed by atoms with Crippen molar-refractivity contribution in [1.29, 1.82) is 5.26 Å². The summed E-state index contributed by atoms with van der Waals surface area (Å²) in [4.78, 5) is 10.7. The van der Waals surface area contributed by atoms with Gasteiger partial charge in [0, 0.05) is 13.0 Å². The average molecular weight is 155 g/mol. The molecule has 0 radical (unpaired) electrons. The van der Waals surface area contributed by atoms with Gasteiger partial charge in [0.05, 0.1) is 12.5 Å². The number of aliphatic hydroxyl groups excluding tert-OH is 1. The first-order valence-electron chi connectivity index (χ1n) is 3.80. The number of nitrogens with zero attached hydrogens (tertiary/aromatic N) is 1. The van der Waals surface area contributed by atoms with Gasteiger partial charge in [0.25, 0.3) is 0 Å². The molecule has 0 spiro atoms. The standard InChI is InChI=1S/C8H13NO2/c9-6-5-8(11)4-2-1-3-7-10/h10H,1-5,7H2. The number of ketones is 1. The van der Waals surface area contributed by atoms with Gasteiger partial charge in [0.2, 0.25) is 0 Å². The van der Waals surface area contributed by atoms with Crippen molar-refractivity contribution in [1.82, 2.24) is 0 Å². The van der Waals surface area contributed by atoms with Crippen molar-refractivity contribution in [2.45, 2.75) is 32.1 Å². The Morgan fingerprint density at radius 3 is 2.64 bits per heavy atom. The fourth-order valence-electron chi connectivity index (χ4n) is 0.787. The maximum absolute atomic E-state index is 10.7. The van der Waals surface area contributed by atoms with Crippen LogP contribution in [0.3, 0.4) is 0 Å². The lowest BCUT2D eigenvalue weighted by Crippen LogP contribution is -1.95. The Bertz CT molecular complexity index is 149. The molecule has 0 fully saturated rings. The molecule has 11 heavy (non-hydrogen) atoms. The molecule has 0 aromatic rings. The first-order chi connectivity index (χ1) is 5.31. The number of carbonyl (C=O) groups is 1. The lowest BCUT2D eigenvalue weighted by molar-refractivity contribution is -0.118. The average Bonchev–Trinajstić information content (AvgIpc) is 1.99. The second-order valence-corrected chi connectivity index (χ2v) is 2.41. The van der Waals surface area contributed by atoms with Crippen LogP contribution in [-0.4, -0.2) is 17.5 Å². The lowest BCUT2D eigenvalue weighted by atomic mass is 10.1. The van der Waals surface area contributed by atoms with Crippen LogP contribution in [0.5, 0.6) is 0 Å². The zero-order chi connectivity index (χ0) is 8.53. The number of hydrogen-bond donors (Lipinski definition) is 1. The van der Waals surface area contributed by atoms with E-state index in [9.17, 15) is 4.79 Å². The molecule has 3 heteroatoms. The molecule has 62 valence electrons. The summed E-state index contributed by atoms with van der Waals surface area (Å²) >= 11 is 0. The molecule has 0 aromatic carbocycles. The van der Waals surface area contributed by atoms with Crippen molar-refractivity contribution in [3.63, 3.8) is 0 Å². The highest BCUT2D eigenvalue weighted by Crippen LogP contribution is 2.01. The molecule has 0 aromatic heterocycles. The molecule has 0 aliphatic heterocycles. The Hall–Kier alpha value is -0.880. The van der Waals surface area contributed by atoms with E-state index in [1.807, 2.05) is 6.07 Å². The monoisotopic (exact) mass is 155 g/mol. The molecule has 0 saturated heterocycles. The Labute approximate surface area is 66.6 Å². The van der Waals surface area contributed by atoms with Gasteiger partial charge in [0.15, 0.2) is 0 Å². The van der Waals surface area contributed by atoms with E-state index in [1.165, 1.54) is 0 Å². The third kappa shape index (κ3) is 7.01. The van der Waals surface area contributed by atoms with Gasteiger partial charge in [-0.1, -0.05) is 6.42 Å². The topological polar surface area (TPSA) is 61.1 Å². The van der Waals surface area contributed by atoms with Gasteiger partial charge in [-0.05, 0) is 12.8 Å². The first-order valence-corrected chi connectivity index (χ1v) is 3.80. The zero-order valence-electron chi connectivity index (χ0n) is 6.55. The molecule has 0 bridgehead atoms. The molecule has 0 aliphatic rings. The van der Waals surface area contributed by atoms with E-state index >= 15 is 0 Å². The Morgan fingerprint density at radius 2 is 2.09 bits per heavy atom. The number of aliphatic hydroxyl groups is 1. The molecule has 0 unspecified atom stereocenters. The van der Waals surface area contributed by atoms with Gasteiger partial charge in [0.1, 0.15) is 5.78 Å². The van der Waals surface area contributed by atoms with Gasteiger partial charge in [-0.3, -0.25) is 4.79 Å². The number of carbonyl (C=O) groups excluding carboxylic acids is 1. The number of Topliss-reactive ketones (excluding diaryl/α,β-unsaturated/α-hetero) is 1. The molecule has 0 saturated carbocycles. The Morgan fingerprint density at radius 1 is 1.36 bits per heavy atom. The predicted octanol–water partition coefficient (Wildman–Crippen LogP) is 1.02. The van der Waals surface area contributed by atoms with Crippen LogP contribution in [0, 0.1) is 11.3 Å². The van der Waals surface area contributed by atoms with E-state index in [0.717, 1.165) is 19.3 Å². The summed E-state index contributed by atoms with van der Waals surface area (Å²) in [6, 6.07) is 1.81. The van der Waals surface area contributed by atoms with Crippen molar-refractivity contribution < 1.29 is 9.90 Å². The minimum absolute atomic E-state index is 0.00504. The molecule has 1 N–H and O–H groups in total. The van der Waals surface area contributed by atoms with Crippen LogP contribution in [0.4, 0.5) is 0 Å². The van der Waals surface area contributed by atoms with E-state index < -0.39 is 0 Å². The highest BCUT2D eigenvalue weighted by atomic mass is 16.2. The molecule has 0 heterocycles. The van der Waals surface area contributed by atoms with Gasteiger partial charge in [-0.25, -0.2) is 0 Å². The maximum Gasteiger partial charge on any atom is 0.146 e. The van der Waals surface area contributed by atoms with E-state index in [2.05, 4.69) is 0 Å². The van der Waals surface area contributed by atoms with Crippen LogP contribution in [0.25, 0.3) is 0 Å². The van der Waals surface area contributed by atoms with Crippen LogP contribution in [-0.2, 0) is 4.79 Å². The van der Waals surface area contributed by atoms with E-state index in [4.69, 9.17) is 10.4 Å². The molecule has 0 atom stereocenters. The van der Waals surface area contributed by atoms with Crippen molar-refractivity contribution in [3.05, 3.63) is 0 Å². The Balaban J connectivity index is 3.12. The lowest BCUT2D eigenvalue weighted by Gasteiger charge is -1.95. The summed E-state index contributed by atoms with van der Waals surface area (Å²) in [7, 11) is 0.